The summed E-state index contributed by atoms with van der Waals surface area (Å²) in [7, 11) is -3.74. The third-order valence-electron chi connectivity index (χ3n) is 2.99. The molecule has 0 saturated carbocycles. The van der Waals surface area contributed by atoms with Gasteiger partial charge in [0.25, 0.3) is 0 Å². The molecule has 0 radical (unpaired) electrons. The molecule has 1 aromatic rings. The molecule has 0 heterocycles. The monoisotopic (exact) mass is 288 g/mol. The van der Waals surface area contributed by atoms with Crippen LogP contribution >= 0.6 is 0 Å². The van der Waals surface area contributed by atoms with Gasteiger partial charge < -0.3 is 5.73 Å². The Morgan fingerprint density at radius 2 is 2.00 bits per heavy atom. The van der Waals surface area contributed by atoms with E-state index in [1.807, 2.05) is 6.92 Å². The molecule has 0 bridgehead atoms. The van der Waals surface area contributed by atoms with Gasteiger partial charge in [0.2, 0.25) is 10.0 Å². The first-order valence-corrected chi connectivity index (χ1v) is 7.68. The van der Waals surface area contributed by atoms with Crippen molar-refractivity contribution in [1.29, 1.82) is 0 Å². The number of nitrogens with zero attached hydrogens (tertiary/aromatic N) is 1. The molecule has 108 valence electrons. The van der Waals surface area contributed by atoms with E-state index in [9.17, 15) is 12.8 Å². The molecule has 0 amide bonds. The molecule has 1 rings (SSSR count). The second-order valence-corrected chi connectivity index (χ2v) is 6.91. The summed E-state index contributed by atoms with van der Waals surface area (Å²) >= 11 is 0. The zero-order valence-electron chi connectivity index (χ0n) is 11.6. The maximum atomic E-state index is 13.2. The Kier molecular flexibility index (Phi) is 5.06. The second kappa shape index (κ2) is 5.98. The van der Waals surface area contributed by atoms with Crippen molar-refractivity contribution in [3.8, 4) is 0 Å². The standard InChI is InChI=1S/C13H21FN2O2S/c1-4-8-16(13(2,3)10-15)19(17,18)12-7-5-6-11(14)9-12/h5-7,9H,4,8,10,15H2,1-3H3. The first-order valence-electron chi connectivity index (χ1n) is 6.24. The van der Waals surface area contributed by atoms with Crippen LogP contribution in [0.2, 0.25) is 0 Å². The van der Waals surface area contributed by atoms with Gasteiger partial charge in [-0.15, -0.1) is 0 Å². The third-order valence-corrected chi connectivity index (χ3v) is 5.09. The summed E-state index contributed by atoms with van der Waals surface area (Å²) in [6.07, 6.45) is 0.665. The van der Waals surface area contributed by atoms with Crippen LogP contribution in [0.3, 0.4) is 0 Å². The minimum absolute atomic E-state index is 0.0394. The van der Waals surface area contributed by atoms with E-state index in [4.69, 9.17) is 5.73 Å². The lowest BCUT2D eigenvalue weighted by Gasteiger charge is -2.36. The quantitative estimate of drug-likeness (QED) is 0.870. The molecule has 1 aromatic carbocycles. The molecule has 6 heteroatoms. The summed E-state index contributed by atoms with van der Waals surface area (Å²) in [5, 5.41) is 0. The average molecular weight is 288 g/mol. The lowest BCUT2D eigenvalue weighted by Crippen LogP contribution is -2.52. The van der Waals surface area contributed by atoms with Gasteiger partial charge in [-0.05, 0) is 38.5 Å². The highest BCUT2D eigenvalue weighted by molar-refractivity contribution is 7.89. The molecule has 0 aliphatic carbocycles. The molecule has 0 fully saturated rings. The van der Waals surface area contributed by atoms with Gasteiger partial charge in [0.15, 0.2) is 0 Å². The summed E-state index contributed by atoms with van der Waals surface area (Å²) in [6.45, 7) is 5.96. The molecule has 0 atom stereocenters. The van der Waals surface area contributed by atoms with Crippen molar-refractivity contribution >= 4 is 10.0 Å². The number of sulfonamides is 1. The van der Waals surface area contributed by atoms with Crippen molar-refractivity contribution < 1.29 is 12.8 Å². The van der Waals surface area contributed by atoms with Gasteiger partial charge in [0.05, 0.1) is 4.90 Å². The fourth-order valence-corrected chi connectivity index (χ4v) is 3.72. The van der Waals surface area contributed by atoms with E-state index in [0.717, 1.165) is 6.07 Å². The molecule has 0 aromatic heterocycles. The van der Waals surface area contributed by atoms with Crippen LogP contribution in [-0.2, 0) is 10.0 Å². The zero-order chi connectivity index (χ0) is 14.7. The van der Waals surface area contributed by atoms with Crippen LogP contribution in [-0.4, -0.2) is 31.4 Å². The van der Waals surface area contributed by atoms with Crippen molar-refractivity contribution in [2.45, 2.75) is 37.6 Å². The Bertz CT molecular complexity index is 529. The summed E-state index contributed by atoms with van der Waals surface area (Å²) in [5.74, 6) is -0.567. The van der Waals surface area contributed by atoms with Gasteiger partial charge >= 0.3 is 0 Å². The van der Waals surface area contributed by atoms with Crippen LogP contribution in [0.25, 0.3) is 0 Å². The smallest absolute Gasteiger partial charge is 0.243 e. The molecule has 0 aliphatic heterocycles. The SMILES string of the molecule is CCCN(C(C)(C)CN)S(=O)(=O)c1cccc(F)c1. The summed E-state index contributed by atoms with van der Waals surface area (Å²) in [5.41, 5.74) is 4.95. The fourth-order valence-electron chi connectivity index (χ4n) is 1.81. The minimum Gasteiger partial charge on any atom is -0.329 e. The highest BCUT2D eigenvalue weighted by atomic mass is 32.2. The van der Waals surface area contributed by atoms with Crippen LogP contribution in [0.1, 0.15) is 27.2 Å². The topological polar surface area (TPSA) is 63.4 Å². The molecule has 4 nitrogen and oxygen atoms in total. The van der Waals surface area contributed by atoms with Gasteiger partial charge in [-0.25, -0.2) is 12.8 Å². The predicted octanol–water partition coefficient (Wildman–Crippen LogP) is 1.96. The minimum atomic E-state index is -3.74. The molecule has 2 N–H and O–H groups in total. The molecular weight excluding hydrogens is 267 g/mol. The molecule has 0 spiro atoms. The van der Waals surface area contributed by atoms with Gasteiger partial charge in [-0.3, -0.25) is 0 Å². The van der Waals surface area contributed by atoms with Crippen LogP contribution < -0.4 is 5.73 Å². The Balaban J connectivity index is 3.28. The highest BCUT2D eigenvalue weighted by Gasteiger charge is 2.35. The van der Waals surface area contributed by atoms with Crippen LogP contribution in [0.15, 0.2) is 29.2 Å². The Morgan fingerprint density at radius 3 is 2.47 bits per heavy atom. The number of halogens is 1. The van der Waals surface area contributed by atoms with Gasteiger partial charge in [-0.2, -0.15) is 4.31 Å². The normalized spacial score (nSPS) is 12.9. The fraction of sp³-hybridized carbons (Fsp3) is 0.538. The third kappa shape index (κ3) is 3.52. The molecule has 0 aliphatic rings. The molecule has 0 unspecified atom stereocenters. The molecular formula is C13H21FN2O2S. The van der Waals surface area contributed by atoms with Crippen molar-refractivity contribution in [2.75, 3.05) is 13.1 Å². The Labute approximate surface area is 114 Å². The van der Waals surface area contributed by atoms with Crippen LogP contribution in [0.5, 0.6) is 0 Å². The van der Waals surface area contributed by atoms with E-state index in [0.29, 0.717) is 13.0 Å². The van der Waals surface area contributed by atoms with E-state index in [1.54, 1.807) is 13.8 Å². The van der Waals surface area contributed by atoms with E-state index >= 15 is 0 Å². The number of benzene rings is 1. The number of hydrogen-bond acceptors (Lipinski definition) is 3. The maximum Gasteiger partial charge on any atom is 0.243 e. The van der Waals surface area contributed by atoms with Crippen LogP contribution in [0, 0.1) is 5.82 Å². The summed E-state index contributed by atoms with van der Waals surface area (Å²) in [4.78, 5) is -0.0394. The summed E-state index contributed by atoms with van der Waals surface area (Å²) in [6, 6.07) is 5.04. The van der Waals surface area contributed by atoms with E-state index in [2.05, 4.69) is 0 Å². The van der Waals surface area contributed by atoms with Crippen molar-refractivity contribution in [1.82, 2.24) is 4.31 Å². The number of nitrogens with two attached hydrogens (primary N) is 1. The van der Waals surface area contributed by atoms with E-state index < -0.39 is 21.4 Å². The van der Waals surface area contributed by atoms with Crippen molar-refractivity contribution in [2.24, 2.45) is 5.73 Å². The van der Waals surface area contributed by atoms with Crippen molar-refractivity contribution in [3.63, 3.8) is 0 Å². The predicted molar refractivity (Wildman–Crippen MR) is 73.7 cm³/mol. The first-order chi connectivity index (χ1) is 8.75. The molecule has 19 heavy (non-hydrogen) atoms. The lowest BCUT2D eigenvalue weighted by molar-refractivity contribution is 0.235. The van der Waals surface area contributed by atoms with Gasteiger partial charge in [0, 0.05) is 18.6 Å². The second-order valence-electron chi connectivity index (χ2n) is 5.05. The lowest BCUT2D eigenvalue weighted by atomic mass is 10.1. The van der Waals surface area contributed by atoms with E-state index in [1.165, 1.54) is 22.5 Å². The number of hydrogen-bond donors (Lipinski definition) is 1. The molecule has 0 saturated heterocycles. The van der Waals surface area contributed by atoms with Crippen LogP contribution in [0.4, 0.5) is 4.39 Å². The van der Waals surface area contributed by atoms with Gasteiger partial charge in [0.1, 0.15) is 5.82 Å². The largest absolute Gasteiger partial charge is 0.329 e. The van der Waals surface area contributed by atoms with Gasteiger partial charge in [-0.1, -0.05) is 13.0 Å². The zero-order valence-corrected chi connectivity index (χ0v) is 12.4. The first kappa shape index (κ1) is 16.1. The number of rotatable bonds is 6. The highest BCUT2D eigenvalue weighted by Crippen LogP contribution is 2.24. The Hall–Kier alpha value is -0.980. The average Bonchev–Trinajstić information content (AvgIpc) is 2.35. The maximum absolute atomic E-state index is 13.2. The Morgan fingerprint density at radius 1 is 1.37 bits per heavy atom. The van der Waals surface area contributed by atoms with Crippen molar-refractivity contribution in [3.05, 3.63) is 30.1 Å². The summed E-state index contributed by atoms with van der Waals surface area (Å²) < 4.78 is 39.7. The van der Waals surface area contributed by atoms with E-state index in [-0.39, 0.29) is 11.4 Å².